The van der Waals surface area contributed by atoms with E-state index in [9.17, 15) is 22.6 Å². The van der Waals surface area contributed by atoms with Gasteiger partial charge in [-0.2, -0.15) is 0 Å². The number of benzene rings is 3. The summed E-state index contributed by atoms with van der Waals surface area (Å²) in [6.45, 7) is 1.46. The summed E-state index contributed by atoms with van der Waals surface area (Å²) in [5.74, 6) is -1.71. The predicted molar refractivity (Wildman–Crippen MR) is 101 cm³/mol. The van der Waals surface area contributed by atoms with Crippen LogP contribution in [0.25, 0.3) is 0 Å². The highest BCUT2D eigenvalue weighted by molar-refractivity contribution is 7.54. The van der Waals surface area contributed by atoms with Crippen molar-refractivity contribution in [1.29, 1.82) is 0 Å². The molecule has 0 saturated heterocycles. The first kappa shape index (κ1) is 20.3. The van der Waals surface area contributed by atoms with Crippen LogP contribution >= 0.6 is 7.60 Å². The Bertz CT molecular complexity index is 959. The first-order valence-electron chi connectivity index (χ1n) is 8.57. The summed E-state index contributed by atoms with van der Waals surface area (Å²) in [6.07, 6.45) is 0. The second kappa shape index (κ2) is 7.92. The summed E-state index contributed by atoms with van der Waals surface area (Å²) in [7, 11) is -4.56. The van der Waals surface area contributed by atoms with Crippen LogP contribution in [0.3, 0.4) is 0 Å². The van der Waals surface area contributed by atoms with Crippen LogP contribution in [-0.4, -0.2) is 11.5 Å². The van der Waals surface area contributed by atoms with Crippen molar-refractivity contribution in [3.63, 3.8) is 0 Å². The zero-order valence-corrected chi connectivity index (χ0v) is 15.9. The zero-order valence-electron chi connectivity index (χ0n) is 15.0. The van der Waals surface area contributed by atoms with Gasteiger partial charge in [0.15, 0.2) is 0 Å². The average Bonchev–Trinajstić information content (AvgIpc) is 2.65. The van der Waals surface area contributed by atoms with Crippen LogP contribution in [-0.2, 0) is 14.2 Å². The highest BCUT2D eigenvalue weighted by atomic mass is 31.2. The molecule has 0 aliphatic carbocycles. The average molecular weight is 406 g/mol. The second-order valence-electron chi connectivity index (χ2n) is 6.17. The Morgan fingerprint density at radius 3 is 1.75 bits per heavy atom. The van der Waals surface area contributed by atoms with Gasteiger partial charge in [0, 0.05) is 0 Å². The minimum Gasteiger partial charge on any atom is -0.323 e. The van der Waals surface area contributed by atoms with Gasteiger partial charge in [0.1, 0.15) is 22.6 Å². The predicted octanol–water partition coefficient (Wildman–Crippen LogP) is 5.62. The third-order valence-electron chi connectivity index (χ3n) is 4.49. The number of hydrogen-bond acceptors (Lipinski definition) is 2. The van der Waals surface area contributed by atoms with Crippen LogP contribution in [0.1, 0.15) is 23.6 Å². The lowest BCUT2D eigenvalue weighted by Gasteiger charge is -2.38. The smallest absolute Gasteiger partial charge is 0.323 e. The molecule has 0 aromatic heterocycles. The monoisotopic (exact) mass is 406 g/mol. The SMILES string of the molecule is CCOP(=O)(O)C(c1ccc(F)cc1)(c1ccc(F)cc1)c1cccc(F)c1. The Labute approximate surface area is 161 Å². The van der Waals surface area contributed by atoms with Crippen molar-refractivity contribution >= 4 is 7.60 Å². The van der Waals surface area contributed by atoms with E-state index >= 15 is 0 Å². The highest BCUT2D eigenvalue weighted by Gasteiger charge is 2.53. The van der Waals surface area contributed by atoms with E-state index in [2.05, 4.69) is 0 Å². The van der Waals surface area contributed by atoms with E-state index in [1.807, 2.05) is 0 Å². The topological polar surface area (TPSA) is 46.5 Å². The van der Waals surface area contributed by atoms with Crippen LogP contribution in [0.4, 0.5) is 13.2 Å². The van der Waals surface area contributed by atoms with Gasteiger partial charge in [-0.3, -0.25) is 4.57 Å². The minimum absolute atomic E-state index is 0.0900. The first-order chi connectivity index (χ1) is 13.3. The van der Waals surface area contributed by atoms with Crippen molar-refractivity contribution < 1.29 is 27.2 Å². The summed E-state index contributed by atoms with van der Waals surface area (Å²) in [5.41, 5.74) is 0.556. The van der Waals surface area contributed by atoms with Crippen molar-refractivity contribution in [2.75, 3.05) is 6.61 Å². The number of hydrogen-bond donors (Lipinski definition) is 1. The van der Waals surface area contributed by atoms with Crippen LogP contribution in [0.2, 0.25) is 0 Å². The van der Waals surface area contributed by atoms with Gasteiger partial charge in [-0.25, -0.2) is 13.2 Å². The maximum Gasteiger partial charge on any atom is 0.347 e. The zero-order chi connectivity index (χ0) is 20.4. The molecule has 1 N–H and O–H groups in total. The maximum atomic E-state index is 14.1. The van der Waals surface area contributed by atoms with Crippen molar-refractivity contribution in [3.05, 3.63) is 107 Å². The van der Waals surface area contributed by atoms with Crippen molar-refractivity contribution in [2.45, 2.75) is 12.1 Å². The Balaban J connectivity index is 2.45. The summed E-state index contributed by atoms with van der Waals surface area (Å²) in [6, 6.07) is 15.1. The molecule has 3 aromatic rings. The summed E-state index contributed by atoms with van der Waals surface area (Å²) in [4.78, 5) is 11.0. The molecule has 0 saturated carbocycles. The molecule has 0 heterocycles. The van der Waals surface area contributed by atoms with E-state index in [1.165, 1.54) is 42.5 Å². The molecule has 3 aromatic carbocycles. The van der Waals surface area contributed by atoms with Gasteiger partial charge >= 0.3 is 7.60 Å². The lowest BCUT2D eigenvalue weighted by atomic mass is 9.84. The minimum atomic E-state index is -4.56. The fourth-order valence-electron chi connectivity index (χ4n) is 3.36. The fourth-order valence-corrected chi connectivity index (χ4v) is 5.32. The summed E-state index contributed by atoms with van der Waals surface area (Å²) >= 11 is 0. The van der Waals surface area contributed by atoms with Crippen molar-refractivity contribution in [2.24, 2.45) is 0 Å². The van der Waals surface area contributed by atoms with E-state index in [0.717, 1.165) is 30.3 Å². The molecule has 0 radical (unpaired) electrons. The maximum absolute atomic E-state index is 14.1. The molecule has 3 nitrogen and oxygen atoms in total. The van der Waals surface area contributed by atoms with Gasteiger partial charge < -0.3 is 9.42 Å². The van der Waals surface area contributed by atoms with Gasteiger partial charge in [0.2, 0.25) is 0 Å². The molecule has 28 heavy (non-hydrogen) atoms. The molecule has 0 spiro atoms. The Hall–Kier alpha value is -2.40. The third kappa shape index (κ3) is 3.51. The van der Waals surface area contributed by atoms with Gasteiger partial charge in [-0.15, -0.1) is 0 Å². The van der Waals surface area contributed by atoms with Crippen LogP contribution < -0.4 is 0 Å². The molecule has 0 bridgehead atoms. The van der Waals surface area contributed by atoms with E-state index in [4.69, 9.17) is 4.52 Å². The van der Waals surface area contributed by atoms with E-state index < -0.39 is 30.2 Å². The molecule has 1 unspecified atom stereocenters. The quantitative estimate of drug-likeness (QED) is 0.427. The summed E-state index contributed by atoms with van der Waals surface area (Å²) < 4.78 is 60.0. The first-order valence-corrected chi connectivity index (χ1v) is 10.1. The Kier molecular flexibility index (Phi) is 5.75. The molecule has 0 amide bonds. The van der Waals surface area contributed by atoms with Crippen molar-refractivity contribution in [1.82, 2.24) is 0 Å². The van der Waals surface area contributed by atoms with Crippen LogP contribution in [0.5, 0.6) is 0 Å². The molecular weight excluding hydrogens is 388 g/mol. The normalized spacial score (nSPS) is 13.9. The lowest BCUT2D eigenvalue weighted by Crippen LogP contribution is -2.31. The molecule has 146 valence electrons. The molecule has 0 aliphatic rings. The second-order valence-corrected chi connectivity index (χ2v) is 8.14. The number of halogens is 3. The third-order valence-corrected chi connectivity index (χ3v) is 6.72. The molecule has 0 aliphatic heterocycles. The van der Waals surface area contributed by atoms with Gasteiger partial charge in [-0.1, -0.05) is 36.4 Å². The Morgan fingerprint density at radius 2 is 1.32 bits per heavy atom. The van der Waals surface area contributed by atoms with Crippen LogP contribution in [0, 0.1) is 17.5 Å². The van der Waals surface area contributed by atoms with Gasteiger partial charge in [-0.05, 0) is 60.0 Å². The molecule has 0 fully saturated rings. The van der Waals surface area contributed by atoms with E-state index in [0.29, 0.717) is 0 Å². The summed E-state index contributed by atoms with van der Waals surface area (Å²) in [5, 5.41) is -1.88. The highest BCUT2D eigenvalue weighted by Crippen LogP contribution is 2.67. The van der Waals surface area contributed by atoms with Crippen molar-refractivity contribution in [3.8, 4) is 0 Å². The molecule has 1 atom stereocenters. The van der Waals surface area contributed by atoms with Gasteiger partial charge in [0.05, 0.1) is 6.61 Å². The Morgan fingerprint density at radius 1 is 0.821 bits per heavy atom. The number of rotatable bonds is 6. The van der Waals surface area contributed by atoms with E-state index in [1.54, 1.807) is 6.92 Å². The lowest BCUT2D eigenvalue weighted by molar-refractivity contribution is 0.258. The molecule has 7 heteroatoms. The molecular formula is C21H18F3O3P. The van der Waals surface area contributed by atoms with Gasteiger partial charge in [0.25, 0.3) is 0 Å². The van der Waals surface area contributed by atoms with Crippen LogP contribution in [0.15, 0.2) is 72.8 Å². The molecule has 3 rings (SSSR count). The standard InChI is InChI=1S/C21H18F3O3P/c1-2-27-28(25,26)21(15-6-10-18(22)11-7-15,16-8-12-19(23)13-9-16)17-4-3-5-20(24)14-17/h3-14H,2H2,1H3,(H,25,26). The largest absolute Gasteiger partial charge is 0.347 e. The fraction of sp³-hybridized carbons (Fsp3) is 0.143. The van der Waals surface area contributed by atoms with E-state index in [-0.39, 0.29) is 23.3 Å².